The molecule has 1 fully saturated rings. The highest BCUT2D eigenvalue weighted by atomic mass is 19.4. The minimum absolute atomic E-state index is 0.258. The second-order valence-corrected chi connectivity index (χ2v) is 5.13. The van der Waals surface area contributed by atoms with E-state index in [1.54, 1.807) is 0 Å². The summed E-state index contributed by atoms with van der Waals surface area (Å²) < 4.78 is 37.5. The van der Waals surface area contributed by atoms with Crippen molar-refractivity contribution in [3.05, 3.63) is 0 Å². The summed E-state index contributed by atoms with van der Waals surface area (Å²) in [5, 5.41) is 3.44. The maximum atomic E-state index is 12.5. The van der Waals surface area contributed by atoms with Gasteiger partial charge in [0.15, 0.2) is 0 Å². The van der Waals surface area contributed by atoms with Gasteiger partial charge in [0.2, 0.25) is 0 Å². The number of rotatable bonds is 6. The van der Waals surface area contributed by atoms with Crippen molar-refractivity contribution in [2.24, 2.45) is 5.92 Å². The Morgan fingerprint density at radius 3 is 2.17 bits per heavy atom. The Labute approximate surface area is 108 Å². The van der Waals surface area contributed by atoms with E-state index < -0.39 is 12.1 Å². The summed E-state index contributed by atoms with van der Waals surface area (Å²) in [5.74, 6) is -1.08. The summed E-state index contributed by atoms with van der Waals surface area (Å²) in [4.78, 5) is 2.14. The van der Waals surface area contributed by atoms with E-state index in [2.05, 4.69) is 24.1 Å². The first kappa shape index (κ1) is 15.8. The molecule has 1 heterocycles. The van der Waals surface area contributed by atoms with Crippen LogP contribution in [0.15, 0.2) is 0 Å². The molecule has 1 aliphatic rings. The minimum atomic E-state index is -4.00. The topological polar surface area (TPSA) is 15.3 Å². The van der Waals surface area contributed by atoms with Gasteiger partial charge in [-0.25, -0.2) is 0 Å². The molecule has 1 aliphatic heterocycles. The van der Waals surface area contributed by atoms with Gasteiger partial charge in [-0.2, -0.15) is 13.2 Å². The molecule has 0 radical (unpaired) electrons. The first-order chi connectivity index (χ1) is 8.47. The van der Waals surface area contributed by atoms with Gasteiger partial charge in [0.1, 0.15) is 0 Å². The van der Waals surface area contributed by atoms with Gasteiger partial charge in [-0.05, 0) is 38.8 Å². The van der Waals surface area contributed by atoms with E-state index in [4.69, 9.17) is 0 Å². The van der Waals surface area contributed by atoms with Gasteiger partial charge in [-0.15, -0.1) is 0 Å². The largest absolute Gasteiger partial charge is 0.391 e. The normalized spacial score (nSPS) is 19.7. The van der Waals surface area contributed by atoms with Crippen LogP contribution in [0.2, 0.25) is 0 Å². The number of likely N-dealkylation sites (tertiary alicyclic amines) is 1. The van der Waals surface area contributed by atoms with Gasteiger partial charge in [0.25, 0.3) is 0 Å². The highest BCUT2D eigenvalue weighted by Gasteiger charge is 2.40. The number of nitrogens with zero attached hydrogens (tertiary/aromatic N) is 1. The molecule has 0 unspecified atom stereocenters. The van der Waals surface area contributed by atoms with Crippen LogP contribution in [0.1, 0.15) is 39.5 Å². The molecule has 0 aromatic rings. The molecule has 0 atom stereocenters. The van der Waals surface area contributed by atoms with Crippen LogP contribution in [0, 0.1) is 5.92 Å². The summed E-state index contributed by atoms with van der Waals surface area (Å²) in [7, 11) is 0. The lowest BCUT2D eigenvalue weighted by Crippen LogP contribution is -2.43. The molecule has 1 N–H and O–H groups in total. The molecule has 0 bridgehead atoms. The molecule has 5 heteroatoms. The fraction of sp³-hybridized carbons (Fsp3) is 1.00. The van der Waals surface area contributed by atoms with Gasteiger partial charge in [-0.3, -0.25) is 0 Å². The van der Waals surface area contributed by atoms with E-state index in [1.807, 2.05) is 0 Å². The lowest BCUT2D eigenvalue weighted by atomic mass is 9.96. The summed E-state index contributed by atoms with van der Waals surface area (Å²) in [6.45, 7) is 7.19. The predicted molar refractivity (Wildman–Crippen MR) is 67.6 cm³/mol. The van der Waals surface area contributed by atoms with Crippen LogP contribution in [0.3, 0.4) is 0 Å². The zero-order valence-corrected chi connectivity index (χ0v) is 11.4. The van der Waals surface area contributed by atoms with E-state index in [9.17, 15) is 13.2 Å². The van der Waals surface area contributed by atoms with Gasteiger partial charge < -0.3 is 10.2 Å². The van der Waals surface area contributed by atoms with Crippen molar-refractivity contribution >= 4 is 0 Å². The van der Waals surface area contributed by atoms with Crippen LogP contribution >= 0.6 is 0 Å². The second-order valence-electron chi connectivity index (χ2n) is 5.13. The first-order valence-electron chi connectivity index (χ1n) is 6.99. The highest BCUT2D eigenvalue weighted by Crippen LogP contribution is 2.33. The van der Waals surface area contributed by atoms with E-state index in [1.165, 1.54) is 0 Å². The predicted octanol–water partition coefficient (Wildman–Crippen LogP) is 3.04. The van der Waals surface area contributed by atoms with Gasteiger partial charge in [0, 0.05) is 19.1 Å². The molecule has 1 saturated heterocycles. The summed E-state index contributed by atoms with van der Waals surface area (Å²) >= 11 is 0. The lowest BCUT2D eigenvalue weighted by Gasteiger charge is -2.33. The summed E-state index contributed by atoms with van der Waals surface area (Å²) in [6, 6.07) is 0.540. The number of hydrogen-bond donors (Lipinski definition) is 1. The third-order valence-corrected chi connectivity index (χ3v) is 3.90. The monoisotopic (exact) mass is 266 g/mol. The Kier molecular flexibility index (Phi) is 6.43. The quantitative estimate of drug-likeness (QED) is 0.795. The van der Waals surface area contributed by atoms with Crippen LogP contribution in [0.5, 0.6) is 0 Å². The van der Waals surface area contributed by atoms with Crippen molar-refractivity contribution in [1.29, 1.82) is 0 Å². The molecule has 0 amide bonds. The molecule has 0 spiro atoms. The van der Waals surface area contributed by atoms with Crippen LogP contribution < -0.4 is 5.32 Å². The molecular formula is C13H25F3N2. The molecule has 0 saturated carbocycles. The van der Waals surface area contributed by atoms with Crippen LogP contribution in [0.4, 0.5) is 13.2 Å². The van der Waals surface area contributed by atoms with Crippen LogP contribution in [-0.4, -0.2) is 43.3 Å². The number of nitrogens with one attached hydrogen (secondary N) is 1. The average Bonchev–Trinajstić information content (AvgIpc) is 2.34. The van der Waals surface area contributed by atoms with E-state index in [0.717, 1.165) is 25.9 Å². The summed E-state index contributed by atoms with van der Waals surface area (Å²) in [6.07, 6.45) is -1.28. The molecule has 108 valence electrons. The number of alkyl halides is 3. The van der Waals surface area contributed by atoms with Crippen molar-refractivity contribution in [2.45, 2.75) is 51.7 Å². The van der Waals surface area contributed by atoms with Crippen molar-refractivity contribution in [1.82, 2.24) is 10.2 Å². The number of piperidine rings is 1. The minimum Gasteiger partial charge on any atom is -0.313 e. The van der Waals surface area contributed by atoms with Crippen molar-refractivity contribution in [2.75, 3.05) is 26.2 Å². The average molecular weight is 266 g/mol. The zero-order valence-electron chi connectivity index (χ0n) is 11.4. The Bertz CT molecular complexity index is 219. The second kappa shape index (κ2) is 7.34. The molecule has 18 heavy (non-hydrogen) atoms. The fourth-order valence-electron chi connectivity index (χ4n) is 2.49. The Balaban J connectivity index is 2.16. The molecule has 1 rings (SSSR count). The van der Waals surface area contributed by atoms with Gasteiger partial charge in [0.05, 0.1) is 5.92 Å². The third kappa shape index (κ3) is 5.14. The van der Waals surface area contributed by atoms with Crippen LogP contribution in [-0.2, 0) is 0 Å². The maximum absolute atomic E-state index is 12.5. The smallest absolute Gasteiger partial charge is 0.313 e. The highest BCUT2D eigenvalue weighted by molar-refractivity contribution is 4.77. The standard InChI is InChI=1S/C13H25F3N2/c1-3-12(4-2)17-7-10-18-8-5-11(6-9-18)13(14,15)16/h11-12,17H,3-10H2,1-2H3. The van der Waals surface area contributed by atoms with Crippen molar-refractivity contribution in [3.63, 3.8) is 0 Å². The number of halogens is 3. The Morgan fingerprint density at radius 2 is 1.72 bits per heavy atom. The molecule has 2 nitrogen and oxygen atoms in total. The fourth-order valence-corrected chi connectivity index (χ4v) is 2.49. The molecular weight excluding hydrogens is 241 g/mol. The zero-order chi connectivity index (χ0) is 13.6. The molecule has 0 aromatic carbocycles. The summed E-state index contributed by atoms with van der Waals surface area (Å²) in [5.41, 5.74) is 0. The SMILES string of the molecule is CCC(CC)NCCN1CCC(C(F)(F)F)CC1. The van der Waals surface area contributed by atoms with Crippen molar-refractivity contribution < 1.29 is 13.2 Å². The van der Waals surface area contributed by atoms with E-state index >= 15 is 0 Å². The van der Waals surface area contributed by atoms with Crippen LogP contribution in [0.25, 0.3) is 0 Å². The van der Waals surface area contributed by atoms with Crippen molar-refractivity contribution in [3.8, 4) is 0 Å². The van der Waals surface area contributed by atoms with E-state index in [0.29, 0.717) is 19.1 Å². The van der Waals surface area contributed by atoms with E-state index in [-0.39, 0.29) is 12.8 Å². The Morgan fingerprint density at radius 1 is 1.17 bits per heavy atom. The Hall–Kier alpha value is -0.290. The molecule has 0 aromatic heterocycles. The number of hydrogen-bond acceptors (Lipinski definition) is 2. The third-order valence-electron chi connectivity index (χ3n) is 3.90. The molecule has 0 aliphatic carbocycles. The first-order valence-corrected chi connectivity index (χ1v) is 6.99. The lowest BCUT2D eigenvalue weighted by molar-refractivity contribution is -0.184. The maximum Gasteiger partial charge on any atom is 0.391 e. The van der Waals surface area contributed by atoms with Gasteiger partial charge in [-0.1, -0.05) is 13.8 Å². The van der Waals surface area contributed by atoms with Gasteiger partial charge >= 0.3 is 6.18 Å².